The molecule has 0 fully saturated rings. The van der Waals surface area contributed by atoms with Crippen LogP contribution in [0.3, 0.4) is 0 Å². The number of H-pyrrole nitrogens is 1. The van der Waals surface area contributed by atoms with Crippen molar-refractivity contribution in [1.82, 2.24) is 14.9 Å². The fourth-order valence-electron chi connectivity index (χ4n) is 2.43. The first-order valence-corrected chi connectivity index (χ1v) is 9.02. The molecule has 0 radical (unpaired) electrons. The van der Waals surface area contributed by atoms with Crippen molar-refractivity contribution in [1.29, 1.82) is 0 Å². The van der Waals surface area contributed by atoms with Crippen LogP contribution in [0, 0.1) is 0 Å². The van der Waals surface area contributed by atoms with E-state index in [1.807, 2.05) is 6.26 Å². The number of aliphatic carboxylic acids is 1. The van der Waals surface area contributed by atoms with Gasteiger partial charge >= 0.3 is 11.7 Å². The lowest BCUT2D eigenvalue weighted by molar-refractivity contribution is -0.142. The van der Waals surface area contributed by atoms with Crippen molar-refractivity contribution in [2.24, 2.45) is 0 Å². The van der Waals surface area contributed by atoms with Crippen molar-refractivity contribution in [3.63, 3.8) is 0 Å². The van der Waals surface area contributed by atoms with Crippen LogP contribution in [-0.2, 0) is 9.59 Å². The molecule has 0 aliphatic carbocycles. The molecule has 0 saturated heterocycles. The number of carboxylic acids is 1. The molecular weight excluding hydrogens is 346 g/mol. The molecule has 0 aliphatic heterocycles. The van der Waals surface area contributed by atoms with Gasteiger partial charge in [0.1, 0.15) is 12.1 Å². The lowest BCUT2D eigenvalue weighted by Crippen LogP contribution is -2.48. The molecule has 1 aromatic carbocycles. The molecule has 0 bridgehead atoms. The second-order valence-corrected chi connectivity index (χ2v) is 6.49. The van der Waals surface area contributed by atoms with Crippen LogP contribution in [0.1, 0.15) is 19.4 Å². The summed E-state index contributed by atoms with van der Waals surface area (Å²) < 4.78 is 0.797. The molecule has 0 spiro atoms. The highest BCUT2D eigenvalue weighted by molar-refractivity contribution is 7.98. The number of thioether (sulfide) groups is 1. The van der Waals surface area contributed by atoms with Crippen LogP contribution in [0.25, 0.3) is 10.9 Å². The highest BCUT2D eigenvalue weighted by atomic mass is 32.2. The zero-order valence-electron chi connectivity index (χ0n) is 13.8. The molecule has 1 amide bonds. The summed E-state index contributed by atoms with van der Waals surface area (Å²) in [6.45, 7) is 1.38. The van der Waals surface area contributed by atoms with Gasteiger partial charge in [-0.15, -0.1) is 0 Å². The quantitative estimate of drug-likeness (QED) is 0.660. The Morgan fingerprint density at radius 2 is 2.00 bits per heavy atom. The molecule has 9 heteroatoms. The molecule has 1 aromatic heterocycles. The number of nitrogens with one attached hydrogen (secondary N) is 2. The number of carbonyl (C=O) groups is 2. The second-order valence-electron chi connectivity index (χ2n) is 5.51. The maximum Gasteiger partial charge on any atom is 0.329 e. The van der Waals surface area contributed by atoms with E-state index in [-0.39, 0.29) is 11.8 Å². The van der Waals surface area contributed by atoms with E-state index in [1.54, 1.807) is 24.3 Å². The molecule has 25 heavy (non-hydrogen) atoms. The third-order valence-corrected chi connectivity index (χ3v) is 4.47. The molecule has 1 heterocycles. The standard InChI is InChI=1S/C16H19N3O5S/c1-9(13(20)17-12(15(22)23)7-8-25-2)19-14(21)10-5-3-4-6-11(10)18-16(19)24/h3-6,9,12H,7-8H2,1-2H3,(H,17,20)(H,18,24)(H,22,23)/t9-,12+/m0/s1. The van der Waals surface area contributed by atoms with Crippen molar-refractivity contribution < 1.29 is 14.7 Å². The Labute approximate surface area is 147 Å². The van der Waals surface area contributed by atoms with Crippen molar-refractivity contribution >= 4 is 34.5 Å². The monoisotopic (exact) mass is 365 g/mol. The summed E-state index contributed by atoms with van der Waals surface area (Å²) in [5.74, 6) is -1.30. The van der Waals surface area contributed by atoms with Gasteiger partial charge in [0.05, 0.1) is 10.9 Å². The van der Waals surface area contributed by atoms with E-state index in [1.165, 1.54) is 18.7 Å². The van der Waals surface area contributed by atoms with Crippen LogP contribution < -0.4 is 16.6 Å². The summed E-state index contributed by atoms with van der Waals surface area (Å²) in [6, 6.07) is 4.26. The molecule has 0 unspecified atom stereocenters. The predicted molar refractivity (Wildman–Crippen MR) is 96.1 cm³/mol. The van der Waals surface area contributed by atoms with Gasteiger partial charge in [-0.2, -0.15) is 11.8 Å². The van der Waals surface area contributed by atoms with Crippen molar-refractivity contribution in [2.45, 2.75) is 25.4 Å². The SMILES string of the molecule is CSCC[C@@H](NC(=O)[C@H](C)n1c(=O)[nH]c2ccccc2c1=O)C(=O)O. The minimum absolute atomic E-state index is 0.248. The molecular formula is C16H19N3O5S. The van der Waals surface area contributed by atoms with Crippen LogP contribution in [0.2, 0.25) is 0 Å². The molecule has 2 atom stereocenters. The van der Waals surface area contributed by atoms with Crippen molar-refractivity contribution in [2.75, 3.05) is 12.0 Å². The topological polar surface area (TPSA) is 121 Å². The van der Waals surface area contributed by atoms with Gasteiger partial charge in [-0.25, -0.2) is 14.2 Å². The number of nitrogens with zero attached hydrogens (tertiary/aromatic N) is 1. The highest BCUT2D eigenvalue weighted by Gasteiger charge is 2.25. The summed E-state index contributed by atoms with van der Waals surface area (Å²) in [4.78, 5) is 50.9. The molecule has 0 aliphatic rings. The molecule has 2 rings (SSSR count). The number of aromatic amines is 1. The van der Waals surface area contributed by atoms with Gasteiger partial charge in [-0.05, 0) is 37.5 Å². The second kappa shape index (κ2) is 8.02. The van der Waals surface area contributed by atoms with E-state index in [0.717, 1.165) is 4.57 Å². The molecule has 8 nitrogen and oxygen atoms in total. The lowest BCUT2D eigenvalue weighted by atomic mass is 10.2. The number of aromatic nitrogens is 2. The number of hydrogen-bond acceptors (Lipinski definition) is 5. The van der Waals surface area contributed by atoms with E-state index in [2.05, 4.69) is 10.3 Å². The van der Waals surface area contributed by atoms with Crippen molar-refractivity contribution in [3.05, 3.63) is 45.1 Å². The Morgan fingerprint density at radius 1 is 1.32 bits per heavy atom. The van der Waals surface area contributed by atoms with Crippen LogP contribution in [-0.4, -0.2) is 44.6 Å². The number of hydrogen-bond donors (Lipinski definition) is 3. The van der Waals surface area contributed by atoms with Gasteiger partial charge in [-0.3, -0.25) is 9.59 Å². The number of rotatable bonds is 7. The van der Waals surface area contributed by atoms with Gasteiger partial charge in [0, 0.05) is 0 Å². The summed E-state index contributed by atoms with van der Waals surface area (Å²) in [5, 5.41) is 11.9. The minimum atomic E-state index is -1.16. The van der Waals surface area contributed by atoms with Crippen LogP contribution in [0.15, 0.2) is 33.9 Å². The summed E-state index contributed by atoms with van der Waals surface area (Å²) in [5.41, 5.74) is -0.940. The number of para-hydroxylation sites is 1. The van der Waals surface area contributed by atoms with Gasteiger partial charge in [0.15, 0.2) is 0 Å². The van der Waals surface area contributed by atoms with E-state index >= 15 is 0 Å². The van der Waals surface area contributed by atoms with E-state index in [4.69, 9.17) is 0 Å². The van der Waals surface area contributed by atoms with Crippen molar-refractivity contribution in [3.8, 4) is 0 Å². The molecule has 0 saturated carbocycles. The smallest absolute Gasteiger partial charge is 0.329 e. The maximum absolute atomic E-state index is 12.5. The lowest BCUT2D eigenvalue weighted by Gasteiger charge is -2.18. The fourth-order valence-corrected chi connectivity index (χ4v) is 2.90. The Balaban J connectivity index is 2.33. The average Bonchev–Trinajstić information content (AvgIpc) is 2.57. The third-order valence-electron chi connectivity index (χ3n) is 3.83. The summed E-state index contributed by atoms with van der Waals surface area (Å²) >= 11 is 1.46. The number of carbonyl (C=O) groups excluding carboxylic acids is 1. The van der Waals surface area contributed by atoms with E-state index < -0.39 is 35.2 Å². The van der Waals surface area contributed by atoms with Crippen LogP contribution in [0.5, 0.6) is 0 Å². The third kappa shape index (κ3) is 4.11. The Bertz CT molecular complexity index is 905. The first-order chi connectivity index (χ1) is 11.9. The number of fused-ring (bicyclic) bond motifs is 1. The number of amides is 1. The Hall–Kier alpha value is -2.55. The van der Waals surface area contributed by atoms with E-state index in [9.17, 15) is 24.3 Å². The number of benzene rings is 1. The summed E-state index contributed by atoms with van der Waals surface area (Å²) in [6.07, 6.45) is 2.08. The first kappa shape index (κ1) is 18.8. The molecule has 2 aromatic rings. The Morgan fingerprint density at radius 3 is 2.64 bits per heavy atom. The van der Waals surface area contributed by atoms with Gasteiger partial charge in [0.25, 0.3) is 5.56 Å². The normalized spacial score (nSPS) is 13.4. The van der Waals surface area contributed by atoms with Crippen LogP contribution >= 0.6 is 11.8 Å². The van der Waals surface area contributed by atoms with E-state index in [0.29, 0.717) is 11.3 Å². The van der Waals surface area contributed by atoms with Gasteiger partial charge in [0.2, 0.25) is 5.91 Å². The van der Waals surface area contributed by atoms with Gasteiger partial charge in [-0.1, -0.05) is 12.1 Å². The first-order valence-electron chi connectivity index (χ1n) is 7.62. The zero-order chi connectivity index (χ0) is 18.6. The van der Waals surface area contributed by atoms with Crippen LogP contribution in [0.4, 0.5) is 0 Å². The number of carboxylic acid groups (broad SMARTS) is 1. The van der Waals surface area contributed by atoms with Gasteiger partial charge < -0.3 is 15.4 Å². The largest absolute Gasteiger partial charge is 0.480 e. The average molecular weight is 365 g/mol. The highest BCUT2D eigenvalue weighted by Crippen LogP contribution is 2.08. The minimum Gasteiger partial charge on any atom is -0.480 e. The maximum atomic E-state index is 12.5. The predicted octanol–water partition coefficient (Wildman–Crippen LogP) is 0.573. The fraction of sp³-hybridized carbons (Fsp3) is 0.375. The summed E-state index contributed by atoms with van der Waals surface area (Å²) in [7, 11) is 0. The Kier molecular flexibility index (Phi) is 6.02. The molecule has 3 N–H and O–H groups in total. The zero-order valence-corrected chi connectivity index (χ0v) is 14.6. The molecule has 134 valence electrons.